The molecular weight excluding hydrogens is 437 g/mol. The highest BCUT2D eigenvalue weighted by atomic mass is 32.1. The Bertz CT molecular complexity index is 955. The molecule has 3 heterocycles. The van der Waals surface area contributed by atoms with Gasteiger partial charge < -0.3 is 9.80 Å². The molecule has 2 aromatic rings. The van der Waals surface area contributed by atoms with E-state index >= 15 is 0 Å². The minimum Gasteiger partial charge on any atom is -0.339 e. The van der Waals surface area contributed by atoms with Crippen molar-refractivity contribution in [1.82, 2.24) is 14.7 Å². The molecule has 1 aromatic heterocycles. The van der Waals surface area contributed by atoms with E-state index < -0.39 is 0 Å². The van der Waals surface area contributed by atoms with Gasteiger partial charge >= 0.3 is 0 Å². The van der Waals surface area contributed by atoms with Gasteiger partial charge in [-0.05, 0) is 47.5 Å². The highest BCUT2D eigenvalue weighted by Gasteiger charge is 2.33. The number of halogens is 1. The molecule has 0 saturated carbocycles. The normalized spacial score (nSPS) is 18.9. The zero-order valence-corrected chi connectivity index (χ0v) is 20.3. The van der Waals surface area contributed by atoms with Crippen molar-refractivity contribution in [2.24, 2.45) is 0 Å². The number of thiophene rings is 1. The third-order valence-corrected chi connectivity index (χ3v) is 7.79. The first-order valence-electron chi connectivity index (χ1n) is 12.2. The number of amides is 2. The molecule has 7 heteroatoms. The maximum absolute atomic E-state index is 14.0. The predicted molar refractivity (Wildman–Crippen MR) is 130 cm³/mol. The van der Waals surface area contributed by atoms with E-state index in [1.165, 1.54) is 29.3 Å². The molecule has 1 atom stereocenters. The molecule has 1 unspecified atom stereocenters. The van der Waals surface area contributed by atoms with Gasteiger partial charge in [-0.3, -0.25) is 14.5 Å². The molecule has 178 valence electrons. The second-order valence-electron chi connectivity index (χ2n) is 9.05. The number of rotatable bonds is 8. The van der Waals surface area contributed by atoms with E-state index in [1.54, 1.807) is 23.5 Å². The van der Waals surface area contributed by atoms with E-state index in [4.69, 9.17) is 0 Å². The van der Waals surface area contributed by atoms with E-state index in [-0.39, 0.29) is 23.7 Å². The number of carbonyl (C=O) groups excluding carboxylic acids is 2. The smallest absolute Gasteiger partial charge is 0.236 e. The fraction of sp³-hybridized carbons (Fsp3) is 0.538. The van der Waals surface area contributed by atoms with Crippen LogP contribution in [0.5, 0.6) is 0 Å². The van der Waals surface area contributed by atoms with Crippen LogP contribution in [0.15, 0.2) is 35.7 Å². The molecule has 4 rings (SSSR count). The largest absolute Gasteiger partial charge is 0.339 e. The maximum atomic E-state index is 14.0. The van der Waals surface area contributed by atoms with Gasteiger partial charge in [-0.2, -0.15) is 0 Å². The average Bonchev–Trinajstić information content (AvgIpc) is 3.30. The van der Waals surface area contributed by atoms with Crippen molar-refractivity contribution in [3.63, 3.8) is 0 Å². The number of carbonyl (C=O) groups is 2. The molecule has 2 aliphatic rings. The lowest BCUT2D eigenvalue weighted by Crippen LogP contribution is -2.53. The highest BCUT2D eigenvalue weighted by molar-refractivity contribution is 7.10. The Hall–Kier alpha value is -2.25. The van der Waals surface area contributed by atoms with Crippen LogP contribution in [0, 0.1) is 5.82 Å². The van der Waals surface area contributed by atoms with E-state index in [9.17, 15) is 14.0 Å². The van der Waals surface area contributed by atoms with Crippen LogP contribution in [0.3, 0.4) is 0 Å². The fourth-order valence-corrected chi connectivity index (χ4v) is 5.85. The molecule has 5 nitrogen and oxygen atoms in total. The van der Waals surface area contributed by atoms with Gasteiger partial charge in [0.05, 0.1) is 12.6 Å². The number of benzene rings is 1. The van der Waals surface area contributed by atoms with Crippen molar-refractivity contribution in [1.29, 1.82) is 0 Å². The van der Waals surface area contributed by atoms with E-state index in [2.05, 4.69) is 23.3 Å². The Kier molecular flexibility index (Phi) is 8.15. The van der Waals surface area contributed by atoms with Crippen LogP contribution in [0.4, 0.5) is 4.39 Å². The summed E-state index contributed by atoms with van der Waals surface area (Å²) in [7, 11) is 0. The number of hydrogen-bond donors (Lipinski definition) is 0. The number of nitrogens with zero attached hydrogens (tertiary/aromatic N) is 3. The van der Waals surface area contributed by atoms with Crippen molar-refractivity contribution in [2.75, 3.05) is 39.3 Å². The molecule has 0 aliphatic carbocycles. The van der Waals surface area contributed by atoms with Crippen molar-refractivity contribution >= 4 is 23.2 Å². The first-order chi connectivity index (χ1) is 16.1. The first-order valence-corrected chi connectivity index (χ1v) is 13.1. The second-order valence-corrected chi connectivity index (χ2v) is 10.1. The summed E-state index contributed by atoms with van der Waals surface area (Å²) in [5.41, 5.74) is 2.07. The highest BCUT2D eigenvalue weighted by Crippen LogP contribution is 2.37. The van der Waals surface area contributed by atoms with Crippen molar-refractivity contribution < 1.29 is 14.0 Å². The maximum Gasteiger partial charge on any atom is 0.236 e. The van der Waals surface area contributed by atoms with E-state index in [0.717, 1.165) is 31.4 Å². The lowest BCUT2D eigenvalue weighted by atomic mass is 9.93. The standard InChI is InChI=1S/C26H34FN3O2S/c1-2-3-4-5-9-24(31)28-13-15-29(16-14-28)25(32)19-30-12-10-23-22(11-17-33-23)26(30)20-7-6-8-21(27)18-20/h6-8,11,17-18,26H,2-5,9-10,12-16,19H2,1H3. The Morgan fingerprint density at radius 2 is 1.76 bits per heavy atom. The van der Waals surface area contributed by atoms with Gasteiger partial charge in [0.1, 0.15) is 5.82 Å². The quantitative estimate of drug-likeness (QED) is 0.534. The number of hydrogen-bond acceptors (Lipinski definition) is 4. The summed E-state index contributed by atoms with van der Waals surface area (Å²) in [5.74, 6) is 0.0483. The monoisotopic (exact) mass is 471 g/mol. The SMILES string of the molecule is CCCCCCC(=O)N1CCN(C(=O)CN2CCc3sccc3C2c2cccc(F)c2)CC1. The van der Waals surface area contributed by atoms with Crippen molar-refractivity contribution in [3.05, 3.63) is 57.5 Å². The van der Waals surface area contributed by atoms with Gasteiger partial charge in [-0.1, -0.05) is 38.3 Å². The Labute approximate surface area is 200 Å². The molecule has 0 bridgehead atoms. The topological polar surface area (TPSA) is 43.9 Å². The zero-order chi connectivity index (χ0) is 23.2. The average molecular weight is 472 g/mol. The van der Waals surface area contributed by atoms with Crippen LogP contribution in [0.2, 0.25) is 0 Å². The summed E-state index contributed by atoms with van der Waals surface area (Å²) >= 11 is 1.73. The van der Waals surface area contributed by atoms with Gasteiger partial charge in [0.2, 0.25) is 11.8 Å². The lowest BCUT2D eigenvalue weighted by molar-refractivity contribution is -0.140. The fourth-order valence-electron chi connectivity index (χ4n) is 4.95. The van der Waals surface area contributed by atoms with Crippen LogP contribution < -0.4 is 0 Å². The third kappa shape index (κ3) is 5.82. The van der Waals surface area contributed by atoms with E-state index in [0.29, 0.717) is 39.1 Å². The third-order valence-electron chi connectivity index (χ3n) is 6.80. The van der Waals surface area contributed by atoms with Crippen molar-refractivity contribution in [3.8, 4) is 0 Å². The van der Waals surface area contributed by atoms with Crippen LogP contribution >= 0.6 is 11.3 Å². The van der Waals surface area contributed by atoms with Crippen LogP contribution in [-0.2, 0) is 16.0 Å². The summed E-state index contributed by atoms with van der Waals surface area (Å²) in [6, 6.07) is 8.73. The van der Waals surface area contributed by atoms with Gasteiger partial charge in [0.15, 0.2) is 0 Å². The predicted octanol–water partition coefficient (Wildman–Crippen LogP) is 4.48. The molecule has 33 heavy (non-hydrogen) atoms. The van der Waals surface area contributed by atoms with Gasteiger partial charge in [0, 0.05) is 44.0 Å². The molecule has 2 amide bonds. The minimum absolute atomic E-state index is 0.0881. The summed E-state index contributed by atoms with van der Waals surface area (Å²) < 4.78 is 14.0. The summed E-state index contributed by atoms with van der Waals surface area (Å²) in [5, 5.41) is 2.08. The lowest BCUT2D eigenvalue weighted by Gasteiger charge is -2.39. The number of piperazine rings is 1. The number of unbranched alkanes of at least 4 members (excludes halogenated alkanes) is 3. The Morgan fingerprint density at radius 3 is 2.48 bits per heavy atom. The molecule has 1 aromatic carbocycles. The van der Waals surface area contributed by atoms with Crippen LogP contribution in [0.25, 0.3) is 0 Å². The number of fused-ring (bicyclic) bond motifs is 1. The zero-order valence-electron chi connectivity index (χ0n) is 19.5. The summed E-state index contributed by atoms with van der Waals surface area (Å²) in [4.78, 5) is 32.9. The molecular formula is C26H34FN3O2S. The summed E-state index contributed by atoms with van der Waals surface area (Å²) in [6.07, 6.45) is 5.92. The van der Waals surface area contributed by atoms with Crippen LogP contribution in [0.1, 0.15) is 61.1 Å². The van der Waals surface area contributed by atoms with Gasteiger partial charge in [-0.25, -0.2) is 4.39 Å². The van der Waals surface area contributed by atoms with Crippen LogP contribution in [-0.4, -0.2) is 65.8 Å². The Balaban J connectivity index is 1.36. The molecule has 1 fully saturated rings. The molecule has 0 radical (unpaired) electrons. The molecule has 0 spiro atoms. The van der Waals surface area contributed by atoms with Crippen molar-refractivity contribution in [2.45, 2.75) is 51.5 Å². The summed E-state index contributed by atoms with van der Waals surface area (Å²) in [6.45, 7) is 5.64. The molecule has 0 N–H and O–H groups in total. The molecule has 1 saturated heterocycles. The first kappa shape index (κ1) is 23.9. The minimum atomic E-state index is -0.253. The van der Waals surface area contributed by atoms with E-state index in [1.807, 2.05) is 15.9 Å². The van der Waals surface area contributed by atoms with Gasteiger partial charge in [0.25, 0.3) is 0 Å². The second kappa shape index (κ2) is 11.3. The Morgan fingerprint density at radius 1 is 1.00 bits per heavy atom. The molecule has 2 aliphatic heterocycles. The van der Waals surface area contributed by atoms with Gasteiger partial charge in [-0.15, -0.1) is 11.3 Å².